The van der Waals surface area contributed by atoms with Crippen LogP contribution in [0.25, 0.3) is 0 Å². The predicted octanol–water partition coefficient (Wildman–Crippen LogP) is 1.03. The van der Waals surface area contributed by atoms with E-state index in [2.05, 4.69) is 22.2 Å². The highest BCUT2D eigenvalue weighted by Gasteiger charge is 2.13. The fourth-order valence-corrected chi connectivity index (χ4v) is 1.21. The topological polar surface area (TPSA) is 52.8 Å². The first-order chi connectivity index (χ1) is 7.11. The van der Waals surface area contributed by atoms with E-state index < -0.39 is 0 Å². The third-order valence-electron chi connectivity index (χ3n) is 2.24. The molecule has 0 aliphatic carbocycles. The molecule has 0 saturated heterocycles. The van der Waals surface area contributed by atoms with Crippen molar-refractivity contribution in [2.24, 2.45) is 0 Å². The zero-order chi connectivity index (χ0) is 11.4. The Morgan fingerprint density at radius 1 is 1.40 bits per heavy atom. The number of nitrogens with zero attached hydrogens (tertiary/aromatic N) is 4. The molecule has 15 heavy (non-hydrogen) atoms. The first-order valence-corrected chi connectivity index (χ1v) is 4.50. The van der Waals surface area contributed by atoms with Crippen molar-refractivity contribution >= 4 is 5.82 Å². The van der Waals surface area contributed by atoms with Crippen LogP contribution in [0.3, 0.4) is 0 Å². The van der Waals surface area contributed by atoms with Gasteiger partial charge in [0.2, 0.25) is 0 Å². The minimum atomic E-state index is 0.409. The van der Waals surface area contributed by atoms with Crippen molar-refractivity contribution in [1.29, 1.82) is 5.26 Å². The molecule has 0 bridgehead atoms. The van der Waals surface area contributed by atoms with Crippen molar-refractivity contribution < 1.29 is 0 Å². The van der Waals surface area contributed by atoms with E-state index in [1.54, 1.807) is 11.9 Å². The molecule has 0 atom stereocenters. The van der Waals surface area contributed by atoms with Crippen molar-refractivity contribution in [3.05, 3.63) is 16.8 Å². The number of aromatic nitrogens is 2. The van der Waals surface area contributed by atoms with E-state index in [0.29, 0.717) is 17.9 Å². The number of anilines is 1. The summed E-state index contributed by atoms with van der Waals surface area (Å²) in [5.41, 5.74) is 2.16. The molecule has 1 aromatic heterocycles. The number of nitriles is 1. The Morgan fingerprint density at radius 3 is 2.60 bits per heavy atom. The van der Waals surface area contributed by atoms with Crippen molar-refractivity contribution in [3.63, 3.8) is 0 Å². The van der Waals surface area contributed by atoms with Gasteiger partial charge in [-0.25, -0.2) is 0 Å². The number of aryl methyl sites for hydroxylation is 1. The summed E-state index contributed by atoms with van der Waals surface area (Å²) in [4.78, 5) is 1.73. The lowest BCUT2D eigenvalue weighted by Crippen LogP contribution is -2.21. The molecule has 0 N–H and O–H groups in total. The van der Waals surface area contributed by atoms with Gasteiger partial charge in [-0.15, -0.1) is 11.5 Å². The first-order valence-electron chi connectivity index (χ1n) is 4.50. The molecule has 0 saturated carbocycles. The number of hydrogen-bond donors (Lipinski definition) is 0. The Bertz CT molecular complexity index is 451. The summed E-state index contributed by atoms with van der Waals surface area (Å²) in [7, 11) is 1.79. The van der Waals surface area contributed by atoms with Crippen LogP contribution in [0, 0.1) is 37.5 Å². The second-order valence-corrected chi connectivity index (χ2v) is 3.28. The molecule has 4 nitrogen and oxygen atoms in total. The highest BCUT2D eigenvalue weighted by molar-refractivity contribution is 5.57. The van der Waals surface area contributed by atoms with Crippen LogP contribution >= 0.6 is 0 Å². The summed E-state index contributed by atoms with van der Waals surface area (Å²) in [5, 5.41) is 17.0. The van der Waals surface area contributed by atoms with Crippen molar-refractivity contribution in [1.82, 2.24) is 10.2 Å². The summed E-state index contributed by atoms with van der Waals surface area (Å²) >= 11 is 0. The minimum Gasteiger partial charge on any atom is -0.346 e. The van der Waals surface area contributed by atoms with Gasteiger partial charge in [-0.05, 0) is 19.4 Å². The van der Waals surface area contributed by atoms with Crippen LogP contribution in [0.15, 0.2) is 0 Å². The van der Waals surface area contributed by atoms with Gasteiger partial charge in [-0.1, -0.05) is 5.92 Å². The molecule has 1 heterocycles. The molecular formula is C11H12N4. The molecule has 0 amide bonds. The molecule has 0 radical (unpaired) electrons. The van der Waals surface area contributed by atoms with Crippen LogP contribution in [-0.4, -0.2) is 23.8 Å². The standard InChI is InChI=1S/C11H12N4/c1-5-6-15(4)11-10(7-12)8(2)9(3)13-14-11/h1H,6H2,2-4H3. The molecule has 4 heteroatoms. The summed E-state index contributed by atoms with van der Waals surface area (Å²) in [6.45, 7) is 4.09. The number of terminal acetylenes is 1. The lowest BCUT2D eigenvalue weighted by Gasteiger charge is -2.16. The third-order valence-corrected chi connectivity index (χ3v) is 2.24. The molecular weight excluding hydrogens is 188 g/mol. The quantitative estimate of drug-likeness (QED) is 0.669. The monoisotopic (exact) mass is 200 g/mol. The van der Waals surface area contributed by atoms with E-state index >= 15 is 0 Å². The van der Waals surface area contributed by atoms with Crippen LogP contribution in [0.1, 0.15) is 16.8 Å². The van der Waals surface area contributed by atoms with Crippen molar-refractivity contribution in [2.45, 2.75) is 13.8 Å². The van der Waals surface area contributed by atoms with Gasteiger partial charge in [0.15, 0.2) is 5.82 Å². The SMILES string of the molecule is C#CCN(C)c1nnc(C)c(C)c1C#N. The van der Waals surface area contributed by atoms with E-state index in [9.17, 15) is 0 Å². The van der Waals surface area contributed by atoms with Gasteiger partial charge in [0.1, 0.15) is 11.6 Å². The van der Waals surface area contributed by atoms with E-state index in [-0.39, 0.29) is 0 Å². The first kappa shape index (κ1) is 11.0. The molecule has 0 unspecified atom stereocenters. The van der Waals surface area contributed by atoms with Crippen molar-refractivity contribution in [3.8, 4) is 18.4 Å². The van der Waals surface area contributed by atoms with Crippen LogP contribution < -0.4 is 4.90 Å². The average molecular weight is 200 g/mol. The highest BCUT2D eigenvalue weighted by Crippen LogP contribution is 2.19. The second-order valence-electron chi connectivity index (χ2n) is 3.28. The van der Waals surface area contributed by atoms with Crippen LogP contribution in [0.2, 0.25) is 0 Å². The lowest BCUT2D eigenvalue weighted by atomic mass is 10.1. The molecule has 0 aromatic carbocycles. The fraction of sp³-hybridized carbons (Fsp3) is 0.364. The molecule has 0 aliphatic rings. The van der Waals surface area contributed by atoms with E-state index in [1.807, 2.05) is 13.8 Å². The molecule has 0 fully saturated rings. The zero-order valence-corrected chi connectivity index (χ0v) is 9.07. The smallest absolute Gasteiger partial charge is 0.170 e. The molecule has 76 valence electrons. The average Bonchev–Trinajstić information content (AvgIpc) is 2.22. The third kappa shape index (κ3) is 2.05. The highest BCUT2D eigenvalue weighted by atomic mass is 15.2. The van der Waals surface area contributed by atoms with Gasteiger partial charge in [-0.2, -0.15) is 10.4 Å². The Labute approximate surface area is 89.5 Å². The molecule has 0 spiro atoms. The normalized spacial score (nSPS) is 9.13. The van der Waals surface area contributed by atoms with Gasteiger partial charge in [0.25, 0.3) is 0 Å². The van der Waals surface area contributed by atoms with Gasteiger partial charge >= 0.3 is 0 Å². The zero-order valence-electron chi connectivity index (χ0n) is 9.07. The predicted molar refractivity (Wildman–Crippen MR) is 58.3 cm³/mol. The maximum atomic E-state index is 9.04. The number of rotatable bonds is 2. The van der Waals surface area contributed by atoms with Gasteiger partial charge in [-0.3, -0.25) is 0 Å². The number of hydrogen-bond acceptors (Lipinski definition) is 4. The lowest BCUT2D eigenvalue weighted by molar-refractivity contribution is 0.896. The Morgan fingerprint density at radius 2 is 2.07 bits per heavy atom. The van der Waals surface area contributed by atoms with Crippen LogP contribution in [-0.2, 0) is 0 Å². The Hall–Kier alpha value is -2.07. The van der Waals surface area contributed by atoms with Gasteiger partial charge in [0, 0.05) is 7.05 Å². The molecule has 1 rings (SSSR count). The minimum absolute atomic E-state index is 0.409. The summed E-state index contributed by atoms with van der Waals surface area (Å²) in [5.74, 6) is 3.04. The second kappa shape index (κ2) is 4.43. The summed E-state index contributed by atoms with van der Waals surface area (Å²) in [6, 6.07) is 2.13. The van der Waals surface area contributed by atoms with E-state index in [1.165, 1.54) is 0 Å². The van der Waals surface area contributed by atoms with Crippen LogP contribution in [0.4, 0.5) is 5.82 Å². The van der Waals surface area contributed by atoms with E-state index in [4.69, 9.17) is 11.7 Å². The Kier molecular flexibility index (Phi) is 3.25. The maximum Gasteiger partial charge on any atom is 0.170 e. The van der Waals surface area contributed by atoms with Gasteiger partial charge < -0.3 is 4.90 Å². The van der Waals surface area contributed by atoms with E-state index in [0.717, 1.165) is 11.3 Å². The van der Waals surface area contributed by atoms with Crippen LogP contribution in [0.5, 0.6) is 0 Å². The fourth-order valence-electron chi connectivity index (χ4n) is 1.21. The summed E-state index contributed by atoms with van der Waals surface area (Å²) < 4.78 is 0. The molecule has 0 aliphatic heterocycles. The largest absolute Gasteiger partial charge is 0.346 e. The van der Waals surface area contributed by atoms with Crippen molar-refractivity contribution in [2.75, 3.05) is 18.5 Å². The molecule has 1 aromatic rings. The maximum absolute atomic E-state index is 9.04. The van der Waals surface area contributed by atoms with Gasteiger partial charge in [0.05, 0.1) is 12.2 Å². The summed E-state index contributed by atoms with van der Waals surface area (Å²) in [6.07, 6.45) is 5.20. The Balaban J connectivity index is 3.27.